The number of benzene rings is 2. The van der Waals surface area contributed by atoms with Gasteiger partial charge in [0.05, 0.1) is 0 Å². The Kier molecular flexibility index (Phi) is 2.40. The normalized spacial score (nSPS) is 21.6. The van der Waals surface area contributed by atoms with E-state index in [1.54, 1.807) is 30.3 Å². The second-order valence-electron chi connectivity index (χ2n) is 4.22. The van der Waals surface area contributed by atoms with Crippen molar-refractivity contribution in [3.05, 3.63) is 70.2 Å². The molecule has 1 amide bonds. The van der Waals surface area contributed by atoms with Gasteiger partial charge in [0.25, 0.3) is 5.91 Å². The van der Waals surface area contributed by atoms with Crippen LogP contribution in [0.5, 0.6) is 0 Å². The van der Waals surface area contributed by atoms with Crippen LogP contribution in [0.2, 0.25) is 5.02 Å². The monoisotopic (exact) mass is 259 g/mol. The van der Waals surface area contributed by atoms with Gasteiger partial charge < -0.3 is 10.4 Å². The van der Waals surface area contributed by atoms with E-state index in [9.17, 15) is 9.90 Å². The van der Waals surface area contributed by atoms with Gasteiger partial charge in [0.1, 0.15) is 0 Å². The SMILES string of the molecule is O=C1NC(O)(c2ccccc2)c2cc(Cl)ccc21. The lowest BCUT2D eigenvalue weighted by molar-refractivity contribution is 0.0476. The Bertz CT molecular complexity index is 627. The first-order valence-electron chi connectivity index (χ1n) is 5.52. The van der Waals surface area contributed by atoms with Crippen molar-refractivity contribution >= 4 is 17.5 Å². The van der Waals surface area contributed by atoms with Gasteiger partial charge in [-0.05, 0) is 18.2 Å². The van der Waals surface area contributed by atoms with Crippen LogP contribution in [0.3, 0.4) is 0 Å². The molecule has 1 aliphatic rings. The third-order valence-electron chi connectivity index (χ3n) is 3.10. The van der Waals surface area contributed by atoms with Crippen LogP contribution in [0.1, 0.15) is 21.5 Å². The first kappa shape index (κ1) is 11.3. The maximum atomic E-state index is 11.9. The zero-order valence-electron chi connectivity index (χ0n) is 9.35. The number of hydrogen-bond acceptors (Lipinski definition) is 2. The number of hydrogen-bond donors (Lipinski definition) is 2. The highest BCUT2D eigenvalue weighted by molar-refractivity contribution is 6.30. The molecule has 0 spiro atoms. The Morgan fingerprint density at radius 1 is 1.11 bits per heavy atom. The van der Waals surface area contributed by atoms with E-state index in [1.165, 1.54) is 0 Å². The van der Waals surface area contributed by atoms with Crippen molar-refractivity contribution in [3.8, 4) is 0 Å². The summed E-state index contributed by atoms with van der Waals surface area (Å²) in [6.45, 7) is 0. The van der Waals surface area contributed by atoms with Crippen molar-refractivity contribution in [2.24, 2.45) is 0 Å². The Hall–Kier alpha value is -1.84. The molecule has 90 valence electrons. The van der Waals surface area contributed by atoms with Crippen molar-refractivity contribution in [2.45, 2.75) is 5.72 Å². The molecule has 0 fully saturated rings. The van der Waals surface area contributed by atoms with Crippen LogP contribution in [0, 0.1) is 0 Å². The highest BCUT2D eigenvalue weighted by Crippen LogP contribution is 2.36. The summed E-state index contributed by atoms with van der Waals surface area (Å²) in [4.78, 5) is 11.9. The maximum Gasteiger partial charge on any atom is 0.254 e. The average Bonchev–Trinajstić information content (AvgIpc) is 2.63. The zero-order valence-corrected chi connectivity index (χ0v) is 10.1. The Morgan fingerprint density at radius 2 is 1.83 bits per heavy atom. The Balaban J connectivity index is 2.23. The van der Waals surface area contributed by atoms with Crippen LogP contribution < -0.4 is 5.32 Å². The molecule has 1 atom stereocenters. The van der Waals surface area contributed by atoms with E-state index in [4.69, 9.17) is 11.6 Å². The fourth-order valence-corrected chi connectivity index (χ4v) is 2.39. The van der Waals surface area contributed by atoms with Crippen LogP contribution in [0.4, 0.5) is 0 Å². The number of fused-ring (bicyclic) bond motifs is 1. The van der Waals surface area contributed by atoms with Crippen molar-refractivity contribution < 1.29 is 9.90 Å². The maximum absolute atomic E-state index is 11.9. The number of nitrogens with one attached hydrogen (secondary N) is 1. The van der Waals surface area contributed by atoms with E-state index >= 15 is 0 Å². The third-order valence-corrected chi connectivity index (χ3v) is 3.34. The predicted octanol–water partition coefficient (Wildman–Crippen LogP) is 2.28. The molecular formula is C14H10ClNO2. The quantitative estimate of drug-likeness (QED) is 0.825. The molecule has 2 N–H and O–H groups in total. The lowest BCUT2D eigenvalue weighted by Crippen LogP contribution is -2.40. The summed E-state index contributed by atoms with van der Waals surface area (Å²) < 4.78 is 0. The minimum Gasteiger partial charge on any atom is -0.363 e. The Morgan fingerprint density at radius 3 is 2.56 bits per heavy atom. The van der Waals surface area contributed by atoms with E-state index in [2.05, 4.69) is 5.32 Å². The van der Waals surface area contributed by atoms with Gasteiger partial charge in [-0.25, -0.2) is 0 Å². The summed E-state index contributed by atoms with van der Waals surface area (Å²) in [5.41, 5.74) is 0.0507. The van der Waals surface area contributed by atoms with Gasteiger partial charge in [-0.3, -0.25) is 4.79 Å². The molecule has 1 aliphatic heterocycles. The molecular weight excluding hydrogens is 250 g/mol. The minimum absolute atomic E-state index is 0.298. The molecule has 0 aliphatic carbocycles. The highest BCUT2D eigenvalue weighted by atomic mass is 35.5. The molecule has 2 aromatic rings. The van der Waals surface area contributed by atoms with E-state index < -0.39 is 5.72 Å². The second-order valence-corrected chi connectivity index (χ2v) is 4.66. The van der Waals surface area contributed by atoms with Crippen molar-refractivity contribution in [1.82, 2.24) is 5.32 Å². The standard InChI is InChI=1S/C14H10ClNO2/c15-10-6-7-11-12(8-10)14(18,16-13(11)17)9-4-2-1-3-5-9/h1-8,18H,(H,16,17). The summed E-state index contributed by atoms with van der Waals surface area (Å²) in [5, 5.41) is 13.8. The molecule has 3 nitrogen and oxygen atoms in total. The minimum atomic E-state index is -1.50. The van der Waals surface area contributed by atoms with Gasteiger partial charge in [-0.2, -0.15) is 0 Å². The van der Waals surface area contributed by atoms with Gasteiger partial charge >= 0.3 is 0 Å². The second kappa shape index (κ2) is 3.83. The van der Waals surface area contributed by atoms with E-state index in [0.29, 0.717) is 21.7 Å². The van der Waals surface area contributed by atoms with Gasteiger partial charge in [-0.1, -0.05) is 41.9 Å². The lowest BCUT2D eigenvalue weighted by Gasteiger charge is -2.24. The fraction of sp³-hybridized carbons (Fsp3) is 0.0714. The number of aliphatic hydroxyl groups is 1. The first-order chi connectivity index (χ1) is 8.61. The molecule has 4 heteroatoms. The summed E-state index contributed by atoms with van der Waals surface area (Å²) in [7, 11) is 0. The number of carbonyl (C=O) groups is 1. The van der Waals surface area contributed by atoms with Crippen molar-refractivity contribution in [2.75, 3.05) is 0 Å². The zero-order chi connectivity index (χ0) is 12.8. The molecule has 3 rings (SSSR count). The predicted molar refractivity (Wildman–Crippen MR) is 68.4 cm³/mol. The number of carbonyl (C=O) groups excluding carboxylic acids is 1. The van der Waals surface area contributed by atoms with Crippen LogP contribution in [-0.4, -0.2) is 11.0 Å². The molecule has 18 heavy (non-hydrogen) atoms. The first-order valence-corrected chi connectivity index (χ1v) is 5.89. The summed E-state index contributed by atoms with van der Waals surface area (Å²) >= 11 is 5.94. The molecule has 2 aromatic carbocycles. The van der Waals surface area contributed by atoms with E-state index in [1.807, 2.05) is 18.2 Å². The average molecular weight is 260 g/mol. The van der Waals surface area contributed by atoms with E-state index in [-0.39, 0.29) is 5.91 Å². The highest BCUT2D eigenvalue weighted by Gasteiger charge is 2.42. The number of amides is 1. The van der Waals surface area contributed by atoms with Crippen LogP contribution in [0.25, 0.3) is 0 Å². The molecule has 1 unspecified atom stereocenters. The largest absolute Gasteiger partial charge is 0.363 e. The topological polar surface area (TPSA) is 49.3 Å². The fourth-order valence-electron chi connectivity index (χ4n) is 2.22. The summed E-state index contributed by atoms with van der Waals surface area (Å²) in [5.74, 6) is -0.298. The Labute approximate surface area is 109 Å². The van der Waals surface area contributed by atoms with Crippen molar-refractivity contribution in [1.29, 1.82) is 0 Å². The smallest absolute Gasteiger partial charge is 0.254 e. The third kappa shape index (κ3) is 1.52. The summed E-state index contributed by atoms with van der Waals surface area (Å²) in [6, 6.07) is 13.9. The van der Waals surface area contributed by atoms with Crippen LogP contribution in [0.15, 0.2) is 48.5 Å². The number of rotatable bonds is 1. The van der Waals surface area contributed by atoms with Crippen LogP contribution >= 0.6 is 11.6 Å². The molecule has 0 saturated carbocycles. The summed E-state index contributed by atoms with van der Waals surface area (Å²) in [6.07, 6.45) is 0. The molecule has 0 radical (unpaired) electrons. The lowest BCUT2D eigenvalue weighted by atomic mass is 9.95. The van der Waals surface area contributed by atoms with Crippen LogP contribution in [-0.2, 0) is 5.72 Å². The number of halogens is 1. The molecule has 0 bridgehead atoms. The van der Waals surface area contributed by atoms with Gasteiger partial charge in [0.2, 0.25) is 0 Å². The van der Waals surface area contributed by atoms with Gasteiger partial charge in [-0.15, -0.1) is 0 Å². The van der Waals surface area contributed by atoms with E-state index in [0.717, 1.165) is 0 Å². The van der Waals surface area contributed by atoms with Crippen molar-refractivity contribution in [3.63, 3.8) is 0 Å². The molecule has 1 heterocycles. The molecule has 0 aromatic heterocycles. The van der Waals surface area contributed by atoms with Gasteiger partial charge in [0.15, 0.2) is 5.72 Å². The molecule has 0 saturated heterocycles. The van der Waals surface area contributed by atoms with Gasteiger partial charge in [0, 0.05) is 21.7 Å².